The molecule has 0 aromatic rings. The Bertz CT molecular complexity index is 415. The zero-order chi connectivity index (χ0) is 23.7. The highest BCUT2D eigenvalue weighted by molar-refractivity contribution is 5.67. The van der Waals surface area contributed by atoms with Crippen molar-refractivity contribution in [3.05, 3.63) is 18.1 Å². The summed E-state index contributed by atoms with van der Waals surface area (Å²) in [6.07, 6.45) is 32.0. The number of hydrogen-bond acceptors (Lipinski definition) is 1. The molecular weight excluding hydrogens is 392 g/mol. The van der Waals surface area contributed by atoms with E-state index in [0.29, 0.717) is 12.3 Å². The van der Waals surface area contributed by atoms with Crippen molar-refractivity contribution in [1.29, 1.82) is 0 Å². The molecule has 0 aliphatic carbocycles. The Morgan fingerprint density at radius 1 is 0.625 bits per heavy atom. The van der Waals surface area contributed by atoms with Gasteiger partial charge in [-0.05, 0) is 56.8 Å². The van der Waals surface area contributed by atoms with Crippen LogP contribution in [-0.2, 0) is 4.79 Å². The van der Waals surface area contributed by atoms with E-state index in [1.165, 1.54) is 103 Å². The van der Waals surface area contributed by atoms with Gasteiger partial charge in [0.05, 0.1) is 0 Å². The van der Waals surface area contributed by atoms with Gasteiger partial charge < -0.3 is 5.11 Å². The van der Waals surface area contributed by atoms with Gasteiger partial charge in [-0.15, -0.1) is 0 Å². The minimum atomic E-state index is -0.624. The molecule has 0 aliphatic heterocycles. The molecular formula is C30H57O2. The van der Waals surface area contributed by atoms with E-state index in [1.54, 1.807) is 5.92 Å². The topological polar surface area (TPSA) is 37.3 Å². The van der Waals surface area contributed by atoms with Crippen LogP contribution in [-0.4, -0.2) is 11.1 Å². The Balaban J connectivity index is 3.83. The smallest absolute Gasteiger partial charge is 0.303 e. The number of carboxylic acids is 1. The molecule has 0 aromatic heterocycles. The highest BCUT2D eigenvalue weighted by Crippen LogP contribution is 2.33. The molecule has 1 atom stereocenters. The average molecular weight is 450 g/mol. The number of rotatable bonds is 25. The first kappa shape index (κ1) is 31.2. The molecule has 2 heteroatoms. The third-order valence-electron chi connectivity index (χ3n) is 6.77. The molecule has 32 heavy (non-hydrogen) atoms. The normalized spacial score (nSPS) is 12.8. The van der Waals surface area contributed by atoms with Crippen molar-refractivity contribution in [1.82, 2.24) is 0 Å². The zero-order valence-electron chi connectivity index (χ0n) is 22.1. The summed E-state index contributed by atoms with van der Waals surface area (Å²) in [4.78, 5) is 11.4. The average Bonchev–Trinajstić information content (AvgIpc) is 2.78. The van der Waals surface area contributed by atoms with Crippen LogP contribution in [0, 0.1) is 11.8 Å². The lowest BCUT2D eigenvalue weighted by atomic mass is 9.79. The monoisotopic (exact) mass is 449 g/mol. The van der Waals surface area contributed by atoms with E-state index in [1.807, 2.05) is 0 Å². The predicted octanol–water partition coefficient (Wildman–Crippen LogP) is 10.5. The third-order valence-corrected chi connectivity index (χ3v) is 6.77. The maximum absolute atomic E-state index is 11.4. The van der Waals surface area contributed by atoms with Crippen LogP contribution in [0.2, 0.25) is 0 Å². The maximum Gasteiger partial charge on any atom is 0.303 e. The molecule has 0 saturated heterocycles. The summed E-state index contributed by atoms with van der Waals surface area (Å²) in [7, 11) is 0. The molecule has 0 fully saturated rings. The number of carbonyl (C=O) groups is 1. The summed E-state index contributed by atoms with van der Waals surface area (Å²) in [5.74, 6) is 1.24. The Kier molecular flexibility index (Phi) is 24.2. The van der Waals surface area contributed by atoms with Crippen LogP contribution in [0.3, 0.4) is 0 Å². The van der Waals surface area contributed by atoms with Crippen LogP contribution in [0.4, 0.5) is 0 Å². The molecule has 0 saturated carbocycles. The van der Waals surface area contributed by atoms with Crippen molar-refractivity contribution in [2.45, 2.75) is 162 Å². The van der Waals surface area contributed by atoms with Gasteiger partial charge in [0.2, 0.25) is 0 Å². The SMILES string of the molecule is CCCCCCCC/C=C\CCCCCCCC[C](CCCC)C(CCCC)CC(=O)O. The van der Waals surface area contributed by atoms with Gasteiger partial charge in [0.15, 0.2) is 0 Å². The van der Waals surface area contributed by atoms with Gasteiger partial charge >= 0.3 is 5.97 Å². The molecule has 0 heterocycles. The van der Waals surface area contributed by atoms with Gasteiger partial charge in [0, 0.05) is 6.42 Å². The molecule has 0 aliphatic rings. The van der Waals surface area contributed by atoms with Gasteiger partial charge in [-0.3, -0.25) is 4.79 Å². The van der Waals surface area contributed by atoms with Crippen LogP contribution in [0.5, 0.6) is 0 Å². The van der Waals surface area contributed by atoms with E-state index in [2.05, 4.69) is 32.9 Å². The van der Waals surface area contributed by atoms with Crippen molar-refractivity contribution in [2.24, 2.45) is 5.92 Å². The molecule has 0 spiro atoms. The molecule has 0 aromatic carbocycles. The Morgan fingerprint density at radius 2 is 1.09 bits per heavy atom. The first-order valence-electron chi connectivity index (χ1n) is 14.4. The number of carboxylic acid groups (broad SMARTS) is 1. The summed E-state index contributed by atoms with van der Waals surface area (Å²) in [5.41, 5.74) is 0. The van der Waals surface area contributed by atoms with E-state index in [9.17, 15) is 9.90 Å². The van der Waals surface area contributed by atoms with Crippen molar-refractivity contribution < 1.29 is 9.90 Å². The summed E-state index contributed by atoms with van der Waals surface area (Å²) in [6, 6.07) is 0. The van der Waals surface area contributed by atoms with Crippen molar-refractivity contribution in [3.63, 3.8) is 0 Å². The first-order valence-corrected chi connectivity index (χ1v) is 14.4. The minimum absolute atomic E-state index is 0.308. The fourth-order valence-corrected chi connectivity index (χ4v) is 4.65. The van der Waals surface area contributed by atoms with Gasteiger partial charge in [-0.2, -0.15) is 0 Å². The lowest BCUT2D eigenvalue weighted by Gasteiger charge is -2.26. The molecule has 0 amide bonds. The van der Waals surface area contributed by atoms with Crippen molar-refractivity contribution in [2.75, 3.05) is 0 Å². The van der Waals surface area contributed by atoms with Crippen LogP contribution < -0.4 is 0 Å². The highest BCUT2D eigenvalue weighted by atomic mass is 16.4. The van der Waals surface area contributed by atoms with Gasteiger partial charge in [-0.25, -0.2) is 0 Å². The second kappa shape index (κ2) is 24.8. The fourth-order valence-electron chi connectivity index (χ4n) is 4.65. The van der Waals surface area contributed by atoms with Crippen molar-refractivity contribution >= 4 is 5.97 Å². The Hall–Kier alpha value is -0.790. The van der Waals surface area contributed by atoms with Gasteiger partial charge in [0.25, 0.3) is 0 Å². The lowest BCUT2D eigenvalue weighted by Crippen LogP contribution is -2.17. The molecule has 1 radical (unpaired) electrons. The largest absolute Gasteiger partial charge is 0.481 e. The van der Waals surface area contributed by atoms with Gasteiger partial charge in [0.1, 0.15) is 0 Å². The quantitative estimate of drug-likeness (QED) is 0.111. The molecule has 0 rings (SSSR count). The Labute approximate surface area is 202 Å². The summed E-state index contributed by atoms with van der Waals surface area (Å²) in [6.45, 7) is 6.72. The summed E-state index contributed by atoms with van der Waals surface area (Å²) in [5, 5.41) is 9.35. The third kappa shape index (κ3) is 21.1. The molecule has 1 N–H and O–H groups in total. The maximum atomic E-state index is 11.4. The van der Waals surface area contributed by atoms with Gasteiger partial charge in [-0.1, -0.05) is 123 Å². The number of hydrogen-bond donors (Lipinski definition) is 1. The summed E-state index contributed by atoms with van der Waals surface area (Å²) < 4.78 is 0. The lowest BCUT2D eigenvalue weighted by molar-refractivity contribution is -0.138. The molecule has 2 nitrogen and oxygen atoms in total. The number of unbranched alkanes of at least 4 members (excludes halogenated alkanes) is 14. The van der Waals surface area contributed by atoms with E-state index >= 15 is 0 Å². The molecule has 1 unspecified atom stereocenters. The van der Waals surface area contributed by atoms with Crippen LogP contribution in [0.15, 0.2) is 12.2 Å². The van der Waals surface area contributed by atoms with Crippen molar-refractivity contribution in [3.8, 4) is 0 Å². The van der Waals surface area contributed by atoms with E-state index < -0.39 is 5.97 Å². The second-order valence-corrected chi connectivity index (χ2v) is 9.89. The number of aliphatic carboxylic acids is 1. The van der Waals surface area contributed by atoms with E-state index in [4.69, 9.17) is 0 Å². The highest BCUT2D eigenvalue weighted by Gasteiger charge is 2.23. The zero-order valence-corrected chi connectivity index (χ0v) is 22.1. The molecule has 189 valence electrons. The number of allylic oxidation sites excluding steroid dienone is 2. The van der Waals surface area contributed by atoms with E-state index in [-0.39, 0.29) is 0 Å². The molecule has 0 bridgehead atoms. The second-order valence-electron chi connectivity index (χ2n) is 9.89. The fraction of sp³-hybridized carbons (Fsp3) is 0.867. The van der Waals surface area contributed by atoms with Crippen LogP contribution in [0.25, 0.3) is 0 Å². The minimum Gasteiger partial charge on any atom is -0.481 e. The van der Waals surface area contributed by atoms with Crippen LogP contribution >= 0.6 is 0 Å². The van der Waals surface area contributed by atoms with Crippen LogP contribution in [0.1, 0.15) is 162 Å². The summed E-state index contributed by atoms with van der Waals surface area (Å²) >= 11 is 0. The Morgan fingerprint density at radius 3 is 1.62 bits per heavy atom. The standard InChI is InChI=1S/C30H57O2/c1-4-7-10-11-12-13-14-15-16-17-18-19-20-21-22-23-26-28(24-8-5-2)29(25-9-6-3)27-30(31)32/h15-16,29H,4-14,17-27H2,1-3H3,(H,31,32)/b16-15-. The van der Waals surface area contributed by atoms with E-state index in [0.717, 1.165) is 32.1 Å². The predicted molar refractivity (Wildman–Crippen MR) is 142 cm³/mol. The first-order chi connectivity index (χ1) is 15.7.